The predicted octanol–water partition coefficient (Wildman–Crippen LogP) is 1.29. The molecule has 0 amide bonds. The maximum Gasteiger partial charge on any atom is 0.0695 e. The lowest BCUT2D eigenvalue weighted by atomic mass is 9.96. The molecule has 2 aliphatic rings. The summed E-state index contributed by atoms with van der Waals surface area (Å²) in [6, 6.07) is 0.402. The number of hydrogen-bond donors (Lipinski definition) is 2. The molecule has 0 aromatic rings. The maximum absolute atomic E-state index is 9.82. The molecule has 0 bridgehead atoms. The van der Waals surface area contributed by atoms with Gasteiger partial charge in [0.1, 0.15) is 0 Å². The molecule has 2 fully saturated rings. The van der Waals surface area contributed by atoms with Crippen molar-refractivity contribution >= 4 is 0 Å². The van der Waals surface area contributed by atoms with Gasteiger partial charge in [-0.05, 0) is 31.7 Å². The Hall–Kier alpha value is -0.0800. The van der Waals surface area contributed by atoms with Crippen LogP contribution in [0.4, 0.5) is 0 Å². The van der Waals surface area contributed by atoms with Crippen molar-refractivity contribution in [3.8, 4) is 0 Å². The fraction of sp³-hybridized carbons (Fsp3) is 1.00. The summed E-state index contributed by atoms with van der Waals surface area (Å²) in [5.41, 5.74) is 0. The highest BCUT2D eigenvalue weighted by Crippen LogP contribution is 2.34. The van der Waals surface area contributed by atoms with Crippen molar-refractivity contribution in [1.82, 2.24) is 5.32 Å². The molecule has 1 saturated carbocycles. The Morgan fingerprint density at radius 1 is 1.25 bits per heavy atom. The van der Waals surface area contributed by atoms with Crippen LogP contribution in [0.5, 0.6) is 0 Å². The highest BCUT2D eigenvalue weighted by atomic mass is 16.3. The highest BCUT2D eigenvalue weighted by Gasteiger charge is 2.29. The largest absolute Gasteiger partial charge is 0.391 e. The van der Waals surface area contributed by atoms with Gasteiger partial charge in [0.05, 0.1) is 6.10 Å². The lowest BCUT2D eigenvalue weighted by Crippen LogP contribution is -2.43. The van der Waals surface area contributed by atoms with Crippen LogP contribution in [0.1, 0.15) is 38.5 Å². The van der Waals surface area contributed by atoms with Gasteiger partial charge in [-0.3, -0.25) is 0 Å². The first kappa shape index (κ1) is 8.52. The number of rotatable bonds is 3. The molecule has 0 unspecified atom stereocenters. The molecule has 1 heterocycles. The minimum absolute atomic E-state index is 0.0715. The van der Waals surface area contributed by atoms with E-state index in [0.29, 0.717) is 6.04 Å². The van der Waals surface area contributed by atoms with Crippen LogP contribution in [-0.2, 0) is 0 Å². The zero-order valence-corrected chi connectivity index (χ0v) is 7.63. The molecule has 0 aromatic carbocycles. The average Bonchev–Trinajstić information content (AvgIpc) is 2.90. The van der Waals surface area contributed by atoms with Gasteiger partial charge in [0, 0.05) is 6.04 Å². The van der Waals surface area contributed by atoms with Crippen LogP contribution in [0, 0.1) is 5.92 Å². The molecule has 0 radical (unpaired) electrons. The van der Waals surface area contributed by atoms with Crippen LogP contribution in [0.2, 0.25) is 0 Å². The first-order valence-electron chi connectivity index (χ1n) is 5.28. The lowest BCUT2D eigenvalue weighted by Gasteiger charge is -2.27. The minimum Gasteiger partial charge on any atom is -0.391 e. The third-order valence-electron chi connectivity index (χ3n) is 3.08. The van der Waals surface area contributed by atoms with Crippen LogP contribution in [-0.4, -0.2) is 23.8 Å². The van der Waals surface area contributed by atoms with Crippen molar-refractivity contribution in [1.29, 1.82) is 0 Å². The predicted molar refractivity (Wildman–Crippen MR) is 49.0 cm³/mol. The molecule has 1 aliphatic carbocycles. The molecule has 1 aliphatic heterocycles. The van der Waals surface area contributed by atoms with Gasteiger partial charge < -0.3 is 10.4 Å². The number of piperidine rings is 1. The fourth-order valence-electron chi connectivity index (χ4n) is 2.07. The van der Waals surface area contributed by atoms with Gasteiger partial charge in [0.25, 0.3) is 0 Å². The molecule has 2 atom stereocenters. The first-order chi connectivity index (χ1) is 5.86. The quantitative estimate of drug-likeness (QED) is 0.667. The van der Waals surface area contributed by atoms with Gasteiger partial charge in [-0.15, -0.1) is 0 Å². The Bertz CT molecular complexity index is 139. The summed E-state index contributed by atoms with van der Waals surface area (Å²) in [7, 11) is 0. The second-order valence-electron chi connectivity index (χ2n) is 4.30. The van der Waals surface area contributed by atoms with Crippen molar-refractivity contribution in [3.05, 3.63) is 0 Å². The monoisotopic (exact) mass is 169 g/mol. The minimum atomic E-state index is -0.0715. The molecule has 1 saturated heterocycles. The number of nitrogens with one attached hydrogen (secondary N) is 1. The molecule has 2 rings (SSSR count). The maximum atomic E-state index is 9.82. The molecule has 70 valence electrons. The lowest BCUT2D eigenvalue weighted by molar-refractivity contribution is 0.0993. The Balaban J connectivity index is 1.72. The van der Waals surface area contributed by atoms with E-state index in [0.717, 1.165) is 18.9 Å². The van der Waals surface area contributed by atoms with Crippen molar-refractivity contribution in [3.63, 3.8) is 0 Å². The first-order valence-corrected chi connectivity index (χ1v) is 5.28. The van der Waals surface area contributed by atoms with E-state index < -0.39 is 0 Å². The molecule has 12 heavy (non-hydrogen) atoms. The molecule has 0 aromatic heterocycles. The average molecular weight is 169 g/mol. The van der Waals surface area contributed by atoms with Gasteiger partial charge in [0.2, 0.25) is 0 Å². The molecular weight excluding hydrogens is 150 g/mol. The van der Waals surface area contributed by atoms with E-state index in [1.165, 1.54) is 32.1 Å². The summed E-state index contributed by atoms with van der Waals surface area (Å²) in [6.45, 7) is 1.10. The van der Waals surface area contributed by atoms with Crippen molar-refractivity contribution < 1.29 is 5.11 Å². The van der Waals surface area contributed by atoms with Gasteiger partial charge in [0.15, 0.2) is 0 Å². The normalized spacial score (nSPS) is 33.2. The van der Waals surface area contributed by atoms with Crippen molar-refractivity contribution in [2.75, 3.05) is 6.54 Å². The SMILES string of the molecule is O[C@H](CC1CC1)[C@@H]1CCCCN1. The summed E-state index contributed by atoms with van der Waals surface area (Å²) in [5, 5.41) is 13.2. The van der Waals surface area contributed by atoms with Crippen LogP contribution < -0.4 is 5.32 Å². The van der Waals surface area contributed by atoms with E-state index >= 15 is 0 Å². The van der Waals surface area contributed by atoms with Crippen LogP contribution in [0.3, 0.4) is 0 Å². The Morgan fingerprint density at radius 3 is 2.67 bits per heavy atom. The zero-order valence-electron chi connectivity index (χ0n) is 7.63. The summed E-state index contributed by atoms with van der Waals surface area (Å²) in [6.07, 6.45) is 7.42. The highest BCUT2D eigenvalue weighted by molar-refractivity contribution is 4.84. The van der Waals surface area contributed by atoms with E-state index in [1.807, 2.05) is 0 Å². The standard InChI is InChI=1S/C10H19NO/c12-10(7-8-4-5-8)9-3-1-2-6-11-9/h8-12H,1-7H2/t9-,10+/m0/s1. The van der Waals surface area contributed by atoms with E-state index in [4.69, 9.17) is 0 Å². The third-order valence-corrected chi connectivity index (χ3v) is 3.08. The Labute approximate surface area is 74.4 Å². The summed E-state index contributed by atoms with van der Waals surface area (Å²) in [5.74, 6) is 0.851. The smallest absolute Gasteiger partial charge is 0.0695 e. The van der Waals surface area contributed by atoms with Crippen LogP contribution in [0.15, 0.2) is 0 Å². The van der Waals surface area contributed by atoms with Gasteiger partial charge >= 0.3 is 0 Å². The number of aliphatic hydroxyl groups is 1. The van der Waals surface area contributed by atoms with Crippen LogP contribution >= 0.6 is 0 Å². The summed E-state index contributed by atoms with van der Waals surface area (Å²) >= 11 is 0. The Morgan fingerprint density at radius 2 is 2.08 bits per heavy atom. The van der Waals surface area contributed by atoms with Gasteiger partial charge in [-0.2, -0.15) is 0 Å². The molecule has 0 spiro atoms. The molecule has 2 heteroatoms. The van der Waals surface area contributed by atoms with E-state index in [9.17, 15) is 5.11 Å². The third kappa shape index (κ3) is 2.20. The van der Waals surface area contributed by atoms with Gasteiger partial charge in [-0.25, -0.2) is 0 Å². The van der Waals surface area contributed by atoms with E-state index in [2.05, 4.69) is 5.32 Å². The van der Waals surface area contributed by atoms with E-state index in [-0.39, 0.29) is 6.10 Å². The number of aliphatic hydroxyl groups excluding tert-OH is 1. The van der Waals surface area contributed by atoms with E-state index in [1.54, 1.807) is 0 Å². The second-order valence-corrected chi connectivity index (χ2v) is 4.30. The van der Waals surface area contributed by atoms with Crippen molar-refractivity contribution in [2.24, 2.45) is 5.92 Å². The zero-order chi connectivity index (χ0) is 8.39. The van der Waals surface area contributed by atoms with Gasteiger partial charge in [-0.1, -0.05) is 19.3 Å². The van der Waals surface area contributed by atoms with Crippen molar-refractivity contribution in [2.45, 2.75) is 50.7 Å². The summed E-state index contributed by atoms with van der Waals surface area (Å²) < 4.78 is 0. The molecule has 2 nitrogen and oxygen atoms in total. The number of hydrogen-bond acceptors (Lipinski definition) is 2. The molecular formula is C10H19NO. The second kappa shape index (κ2) is 3.75. The molecule has 2 N–H and O–H groups in total. The fourth-order valence-corrected chi connectivity index (χ4v) is 2.07. The Kier molecular flexibility index (Phi) is 2.66. The summed E-state index contributed by atoms with van der Waals surface area (Å²) in [4.78, 5) is 0. The topological polar surface area (TPSA) is 32.3 Å². The van der Waals surface area contributed by atoms with Crippen LogP contribution in [0.25, 0.3) is 0 Å².